The number of fused-ring (bicyclic) bond motifs is 1. The molecule has 0 spiro atoms. The van der Waals surface area contributed by atoms with Crippen LogP contribution in [0.1, 0.15) is 5.56 Å². The van der Waals surface area contributed by atoms with Crippen LogP contribution in [-0.4, -0.2) is 19.1 Å². The van der Waals surface area contributed by atoms with Gasteiger partial charge in [-0.3, -0.25) is 14.3 Å². The van der Waals surface area contributed by atoms with Crippen molar-refractivity contribution in [1.29, 1.82) is 0 Å². The monoisotopic (exact) mass is 402 g/mol. The number of hydrogen-bond donors (Lipinski definition) is 1. The number of hydrogen-bond acceptors (Lipinski definition) is 3. The van der Waals surface area contributed by atoms with Gasteiger partial charge in [-0.2, -0.15) is 0 Å². The van der Waals surface area contributed by atoms with Gasteiger partial charge in [0.1, 0.15) is 0 Å². The number of nitrogens with zero attached hydrogens (tertiary/aromatic N) is 3. The SMILES string of the molecule is Cn1c(=O)[nH]c(=O)c2c1nc(Br)n2Cc1c(Cl)cccc1Cl. The Labute approximate surface area is 142 Å². The van der Waals surface area contributed by atoms with Gasteiger partial charge in [0.15, 0.2) is 15.9 Å². The van der Waals surface area contributed by atoms with Gasteiger partial charge in [-0.1, -0.05) is 29.3 Å². The third-order valence-electron chi connectivity index (χ3n) is 3.34. The molecule has 0 saturated heterocycles. The number of aromatic amines is 1. The average Bonchev–Trinajstić information content (AvgIpc) is 2.78. The summed E-state index contributed by atoms with van der Waals surface area (Å²) in [5.41, 5.74) is 0.178. The minimum absolute atomic E-state index is 0.247. The molecule has 1 aromatic carbocycles. The second kappa shape index (κ2) is 5.57. The maximum Gasteiger partial charge on any atom is 0.329 e. The van der Waals surface area contributed by atoms with Crippen molar-refractivity contribution in [2.24, 2.45) is 7.05 Å². The van der Waals surface area contributed by atoms with Crippen LogP contribution in [0.5, 0.6) is 0 Å². The molecule has 2 heterocycles. The van der Waals surface area contributed by atoms with E-state index in [2.05, 4.69) is 25.9 Å². The fraction of sp³-hybridized carbons (Fsp3) is 0.154. The van der Waals surface area contributed by atoms with E-state index >= 15 is 0 Å². The Kier molecular flexibility index (Phi) is 3.88. The van der Waals surface area contributed by atoms with Gasteiger partial charge < -0.3 is 4.57 Å². The van der Waals surface area contributed by atoms with Gasteiger partial charge in [0.25, 0.3) is 5.56 Å². The Balaban J connectivity index is 2.29. The highest BCUT2D eigenvalue weighted by molar-refractivity contribution is 9.10. The second-order valence-electron chi connectivity index (χ2n) is 4.66. The Morgan fingerprint density at radius 3 is 2.55 bits per heavy atom. The smallest absolute Gasteiger partial charge is 0.308 e. The summed E-state index contributed by atoms with van der Waals surface area (Å²) < 4.78 is 3.29. The van der Waals surface area contributed by atoms with E-state index in [1.54, 1.807) is 22.8 Å². The van der Waals surface area contributed by atoms with Crippen LogP contribution >= 0.6 is 39.1 Å². The number of aryl methyl sites for hydroxylation is 1. The third kappa shape index (κ3) is 2.39. The van der Waals surface area contributed by atoms with E-state index in [-0.39, 0.29) is 17.7 Å². The highest BCUT2D eigenvalue weighted by Gasteiger charge is 2.17. The summed E-state index contributed by atoms with van der Waals surface area (Å²) in [4.78, 5) is 30.3. The van der Waals surface area contributed by atoms with Crippen LogP contribution in [0.3, 0.4) is 0 Å². The Morgan fingerprint density at radius 2 is 1.91 bits per heavy atom. The van der Waals surface area contributed by atoms with Crippen LogP contribution < -0.4 is 11.2 Å². The quantitative estimate of drug-likeness (QED) is 0.668. The molecule has 0 aliphatic carbocycles. The summed E-state index contributed by atoms with van der Waals surface area (Å²) in [5, 5.41) is 0.977. The summed E-state index contributed by atoms with van der Waals surface area (Å²) in [6, 6.07) is 5.18. The van der Waals surface area contributed by atoms with E-state index in [9.17, 15) is 9.59 Å². The summed E-state index contributed by atoms with van der Waals surface area (Å²) in [7, 11) is 1.53. The Morgan fingerprint density at radius 1 is 1.27 bits per heavy atom. The van der Waals surface area contributed by atoms with Crippen LogP contribution in [0, 0.1) is 0 Å². The number of H-pyrrole nitrogens is 1. The molecule has 114 valence electrons. The van der Waals surface area contributed by atoms with E-state index < -0.39 is 11.2 Å². The van der Waals surface area contributed by atoms with Crippen molar-refractivity contribution in [2.45, 2.75) is 6.54 Å². The zero-order valence-corrected chi connectivity index (χ0v) is 14.3. The van der Waals surface area contributed by atoms with E-state index in [1.807, 2.05) is 0 Å². The lowest BCUT2D eigenvalue weighted by Gasteiger charge is -2.09. The molecule has 0 unspecified atom stereocenters. The minimum atomic E-state index is -0.523. The van der Waals surface area contributed by atoms with E-state index in [0.29, 0.717) is 20.3 Å². The van der Waals surface area contributed by atoms with Crippen molar-refractivity contribution in [3.8, 4) is 0 Å². The van der Waals surface area contributed by atoms with Gasteiger partial charge in [0.05, 0.1) is 6.54 Å². The second-order valence-corrected chi connectivity index (χ2v) is 6.18. The summed E-state index contributed by atoms with van der Waals surface area (Å²) in [6.45, 7) is 0.247. The van der Waals surface area contributed by atoms with Crippen LogP contribution in [0.2, 0.25) is 10.0 Å². The fourth-order valence-electron chi connectivity index (χ4n) is 2.19. The fourth-order valence-corrected chi connectivity index (χ4v) is 3.18. The molecule has 0 fully saturated rings. The first-order valence-electron chi connectivity index (χ1n) is 6.18. The Bertz CT molecular complexity index is 985. The van der Waals surface area contributed by atoms with Crippen molar-refractivity contribution in [1.82, 2.24) is 19.1 Å². The number of rotatable bonds is 2. The molecule has 6 nitrogen and oxygen atoms in total. The topological polar surface area (TPSA) is 72.7 Å². The van der Waals surface area contributed by atoms with Gasteiger partial charge in [-0.25, -0.2) is 9.78 Å². The molecule has 0 bridgehead atoms. The number of imidazole rings is 1. The third-order valence-corrected chi connectivity index (χ3v) is 4.65. The molecule has 2 aromatic heterocycles. The average molecular weight is 404 g/mol. The molecule has 0 aliphatic heterocycles. The first-order chi connectivity index (χ1) is 10.4. The van der Waals surface area contributed by atoms with Gasteiger partial charge in [0.2, 0.25) is 0 Å². The van der Waals surface area contributed by atoms with E-state index in [1.165, 1.54) is 11.6 Å². The summed E-state index contributed by atoms with van der Waals surface area (Å²) >= 11 is 15.6. The van der Waals surface area contributed by atoms with Crippen molar-refractivity contribution in [3.63, 3.8) is 0 Å². The molecule has 0 radical (unpaired) electrons. The molecule has 3 aromatic rings. The van der Waals surface area contributed by atoms with Crippen molar-refractivity contribution >= 4 is 50.3 Å². The molecule has 0 saturated carbocycles. The number of halogens is 3. The van der Waals surface area contributed by atoms with Gasteiger partial charge >= 0.3 is 5.69 Å². The molecule has 22 heavy (non-hydrogen) atoms. The van der Waals surface area contributed by atoms with Gasteiger partial charge in [0, 0.05) is 22.7 Å². The number of benzene rings is 1. The van der Waals surface area contributed by atoms with Crippen LogP contribution in [0.4, 0.5) is 0 Å². The van der Waals surface area contributed by atoms with E-state index in [4.69, 9.17) is 23.2 Å². The highest BCUT2D eigenvalue weighted by atomic mass is 79.9. The minimum Gasteiger partial charge on any atom is -0.308 e. The molecular formula is C13H9BrCl2N4O2. The lowest BCUT2D eigenvalue weighted by molar-refractivity contribution is 0.791. The zero-order chi connectivity index (χ0) is 16.0. The molecule has 0 aliphatic rings. The normalized spacial score (nSPS) is 11.3. The first kappa shape index (κ1) is 15.3. The first-order valence-corrected chi connectivity index (χ1v) is 7.73. The largest absolute Gasteiger partial charge is 0.329 e. The zero-order valence-electron chi connectivity index (χ0n) is 11.2. The lowest BCUT2D eigenvalue weighted by atomic mass is 10.2. The molecule has 0 atom stereocenters. The summed E-state index contributed by atoms with van der Waals surface area (Å²) in [5.74, 6) is 0. The maximum atomic E-state index is 12.1. The molecule has 3 rings (SSSR count). The molecule has 1 N–H and O–H groups in total. The number of nitrogens with one attached hydrogen (secondary N) is 1. The molecule has 9 heteroatoms. The molecule has 0 amide bonds. The highest BCUT2D eigenvalue weighted by Crippen LogP contribution is 2.27. The van der Waals surface area contributed by atoms with E-state index in [0.717, 1.165) is 0 Å². The maximum absolute atomic E-state index is 12.1. The van der Waals surface area contributed by atoms with Crippen molar-refractivity contribution < 1.29 is 0 Å². The Hall–Kier alpha value is -1.57. The predicted octanol–water partition coefficient (Wildman–Crippen LogP) is 2.54. The van der Waals surface area contributed by atoms with Crippen molar-refractivity contribution in [2.75, 3.05) is 0 Å². The van der Waals surface area contributed by atoms with Crippen molar-refractivity contribution in [3.05, 3.63) is 59.4 Å². The number of aromatic nitrogens is 4. The summed E-state index contributed by atoms with van der Waals surface area (Å²) in [6.07, 6.45) is 0. The molecular weight excluding hydrogens is 395 g/mol. The van der Waals surface area contributed by atoms with Crippen LogP contribution in [0.25, 0.3) is 11.2 Å². The lowest BCUT2D eigenvalue weighted by Crippen LogP contribution is -2.29. The van der Waals surface area contributed by atoms with Gasteiger partial charge in [-0.15, -0.1) is 0 Å². The van der Waals surface area contributed by atoms with Crippen LogP contribution in [0.15, 0.2) is 32.5 Å². The standard InChI is InChI=1S/C13H9BrCl2N4O2/c1-19-10-9(11(21)18-13(19)22)20(12(14)17-10)5-6-7(15)3-2-4-8(6)16/h2-4H,5H2,1H3,(H,18,21,22). The van der Waals surface area contributed by atoms with Gasteiger partial charge in [-0.05, 0) is 28.1 Å². The van der Waals surface area contributed by atoms with Crippen LogP contribution in [-0.2, 0) is 13.6 Å². The predicted molar refractivity (Wildman–Crippen MR) is 88.9 cm³/mol.